The molecule has 3 atom stereocenters. The minimum Gasteiger partial charge on any atom is -0.491 e. The van der Waals surface area contributed by atoms with Crippen LogP contribution in [0.2, 0.25) is 0 Å². The lowest BCUT2D eigenvalue weighted by molar-refractivity contribution is -0.0588. The van der Waals surface area contributed by atoms with E-state index in [1.807, 2.05) is 30.3 Å². The van der Waals surface area contributed by atoms with Crippen LogP contribution in [0, 0.1) is 0 Å². The van der Waals surface area contributed by atoms with Crippen LogP contribution in [0.15, 0.2) is 30.3 Å². The molecule has 0 bridgehead atoms. The lowest BCUT2D eigenvalue weighted by atomic mass is 10.1. The molecular formula is C16H26O4. The van der Waals surface area contributed by atoms with Gasteiger partial charge in [-0.15, -0.1) is 0 Å². The number of hydrogen-bond acceptors (Lipinski definition) is 4. The highest BCUT2D eigenvalue weighted by molar-refractivity contribution is 5.20. The number of aliphatic hydroxyl groups excluding tert-OH is 2. The van der Waals surface area contributed by atoms with Crippen LogP contribution in [0.5, 0.6) is 5.75 Å². The predicted molar refractivity (Wildman–Crippen MR) is 78.9 cm³/mol. The zero-order chi connectivity index (χ0) is 14.8. The van der Waals surface area contributed by atoms with E-state index in [4.69, 9.17) is 9.47 Å². The summed E-state index contributed by atoms with van der Waals surface area (Å²) in [5, 5.41) is 19.6. The van der Waals surface area contributed by atoms with Gasteiger partial charge in [-0.05, 0) is 25.5 Å². The van der Waals surface area contributed by atoms with Crippen molar-refractivity contribution in [3.05, 3.63) is 30.3 Å². The largest absolute Gasteiger partial charge is 0.491 e. The van der Waals surface area contributed by atoms with Crippen LogP contribution in [-0.2, 0) is 4.74 Å². The highest BCUT2D eigenvalue weighted by atomic mass is 16.5. The Hall–Kier alpha value is -1.10. The highest BCUT2D eigenvalue weighted by Crippen LogP contribution is 2.12. The number of unbranched alkanes of at least 4 members (excludes halogenated alkanes) is 1. The van der Waals surface area contributed by atoms with Crippen LogP contribution in [0.3, 0.4) is 0 Å². The fourth-order valence-electron chi connectivity index (χ4n) is 1.83. The number of aliphatic hydroxyl groups is 2. The summed E-state index contributed by atoms with van der Waals surface area (Å²) >= 11 is 0. The summed E-state index contributed by atoms with van der Waals surface area (Å²) in [5.74, 6) is 0.729. The maximum atomic E-state index is 9.97. The summed E-state index contributed by atoms with van der Waals surface area (Å²) in [6.07, 6.45) is 0.769. The SMILES string of the molecule is CCCCOC(CC(O)COc1ccccc1)C(C)O. The molecule has 0 aromatic heterocycles. The third kappa shape index (κ3) is 6.89. The lowest BCUT2D eigenvalue weighted by Crippen LogP contribution is -2.33. The molecule has 0 radical (unpaired) electrons. The number of hydrogen-bond donors (Lipinski definition) is 2. The lowest BCUT2D eigenvalue weighted by Gasteiger charge is -2.23. The van der Waals surface area contributed by atoms with Gasteiger partial charge in [-0.3, -0.25) is 0 Å². The van der Waals surface area contributed by atoms with E-state index < -0.39 is 12.2 Å². The Labute approximate surface area is 121 Å². The summed E-state index contributed by atoms with van der Waals surface area (Å²) in [6.45, 7) is 4.58. The quantitative estimate of drug-likeness (QED) is 0.647. The summed E-state index contributed by atoms with van der Waals surface area (Å²) in [4.78, 5) is 0. The van der Waals surface area contributed by atoms with Crippen molar-refractivity contribution in [1.29, 1.82) is 0 Å². The highest BCUT2D eigenvalue weighted by Gasteiger charge is 2.20. The van der Waals surface area contributed by atoms with E-state index in [9.17, 15) is 10.2 Å². The van der Waals surface area contributed by atoms with Gasteiger partial charge in [0.25, 0.3) is 0 Å². The number of ether oxygens (including phenoxy) is 2. The van der Waals surface area contributed by atoms with Crippen molar-refractivity contribution in [2.45, 2.75) is 51.4 Å². The topological polar surface area (TPSA) is 58.9 Å². The molecular weight excluding hydrogens is 256 g/mol. The van der Waals surface area contributed by atoms with Gasteiger partial charge < -0.3 is 19.7 Å². The molecule has 2 N–H and O–H groups in total. The first-order valence-electron chi connectivity index (χ1n) is 7.29. The molecule has 0 aliphatic rings. The van der Waals surface area contributed by atoms with E-state index >= 15 is 0 Å². The van der Waals surface area contributed by atoms with E-state index in [-0.39, 0.29) is 12.7 Å². The van der Waals surface area contributed by atoms with E-state index in [0.717, 1.165) is 18.6 Å². The average molecular weight is 282 g/mol. The molecule has 4 nitrogen and oxygen atoms in total. The molecule has 1 aromatic rings. The Morgan fingerprint density at radius 2 is 1.85 bits per heavy atom. The van der Waals surface area contributed by atoms with Gasteiger partial charge in [0.15, 0.2) is 0 Å². The van der Waals surface area contributed by atoms with Gasteiger partial charge >= 0.3 is 0 Å². The van der Waals surface area contributed by atoms with E-state index in [0.29, 0.717) is 13.0 Å². The Morgan fingerprint density at radius 1 is 1.15 bits per heavy atom. The molecule has 0 aliphatic heterocycles. The molecule has 114 valence electrons. The van der Waals surface area contributed by atoms with E-state index in [2.05, 4.69) is 6.92 Å². The first-order chi connectivity index (χ1) is 9.63. The fraction of sp³-hybridized carbons (Fsp3) is 0.625. The molecule has 0 spiro atoms. The molecule has 0 saturated heterocycles. The first-order valence-corrected chi connectivity index (χ1v) is 7.29. The van der Waals surface area contributed by atoms with Crippen molar-refractivity contribution in [3.63, 3.8) is 0 Å². The second-order valence-electron chi connectivity index (χ2n) is 5.02. The maximum absolute atomic E-state index is 9.97. The van der Waals surface area contributed by atoms with Crippen molar-refractivity contribution in [1.82, 2.24) is 0 Å². The zero-order valence-corrected chi connectivity index (χ0v) is 12.4. The van der Waals surface area contributed by atoms with E-state index in [1.165, 1.54) is 0 Å². The summed E-state index contributed by atoms with van der Waals surface area (Å²) < 4.78 is 11.1. The molecule has 20 heavy (non-hydrogen) atoms. The average Bonchev–Trinajstić information content (AvgIpc) is 2.45. The Balaban J connectivity index is 2.32. The molecule has 1 aromatic carbocycles. The van der Waals surface area contributed by atoms with Crippen LogP contribution in [0.4, 0.5) is 0 Å². The third-order valence-electron chi connectivity index (χ3n) is 3.06. The van der Waals surface area contributed by atoms with Gasteiger partial charge in [-0.2, -0.15) is 0 Å². The Morgan fingerprint density at radius 3 is 2.45 bits per heavy atom. The monoisotopic (exact) mass is 282 g/mol. The second-order valence-corrected chi connectivity index (χ2v) is 5.02. The molecule has 3 unspecified atom stereocenters. The van der Waals surface area contributed by atoms with Gasteiger partial charge in [0, 0.05) is 13.0 Å². The minimum atomic E-state index is -0.656. The van der Waals surface area contributed by atoms with Crippen molar-refractivity contribution < 1.29 is 19.7 Å². The second kappa shape index (κ2) is 9.75. The maximum Gasteiger partial charge on any atom is 0.119 e. The molecule has 0 aliphatic carbocycles. The van der Waals surface area contributed by atoms with Crippen LogP contribution < -0.4 is 4.74 Å². The molecule has 4 heteroatoms. The molecule has 0 fully saturated rings. The van der Waals surface area contributed by atoms with Crippen molar-refractivity contribution in [2.75, 3.05) is 13.2 Å². The number of rotatable bonds is 10. The van der Waals surface area contributed by atoms with Gasteiger partial charge in [0.05, 0.1) is 18.3 Å². The van der Waals surface area contributed by atoms with Crippen LogP contribution in [0.25, 0.3) is 0 Å². The Kier molecular flexibility index (Phi) is 8.26. The van der Waals surface area contributed by atoms with Crippen LogP contribution in [-0.4, -0.2) is 41.7 Å². The molecule has 0 amide bonds. The zero-order valence-electron chi connectivity index (χ0n) is 12.4. The first kappa shape index (κ1) is 17.0. The fourth-order valence-corrected chi connectivity index (χ4v) is 1.83. The van der Waals surface area contributed by atoms with Crippen LogP contribution >= 0.6 is 0 Å². The molecule has 0 saturated carbocycles. The van der Waals surface area contributed by atoms with Crippen molar-refractivity contribution in [2.24, 2.45) is 0 Å². The van der Waals surface area contributed by atoms with Gasteiger partial charge in [0.2, 0.25) is 0 Å². The van der Waals surface area contributed by atoms with Crippen LogP contribution in [0.1, 0.15) is 33.1 Å². The summed E-state index contributed by atoms with van der Waals surface area (Å²) in [6, 6.07) is 9.36. The van der Waals surface area contributed by atoms with Crippen molar-refractivity contribution in [3.8, 4) is 5.75 Å². The smallest absolute Gasteiger partial charge is 0.119 e. The number of para-hydroxylation sites is 1. The predicted octanol–water partition coefficient (Wildman–Crippen LogP) is 2.38. The van der Waals surface area contributed by atoms with Crippen molar-refractivity contribution >= 4 is 0 Å². The summed E-state index contributed by atoms with van der Waals surface area (Å²) in [7, 11) is 0. The van der Waals surface area contributed by atoms with Gasteiger partial charge in [-0.25, -0.2) is 0 Å². The summed E-state index contributed by atoms with van der Waals surface area (Å²) in [5.41, 5.74) is 0. The number of benzene rings is 1. The molecule has 0 heterocycles. The van der Waals surface area contributed by atoms with E-state index in [1.54, 1.807) is 6.92 Å². The van der Waals surface area contributed by atoms with Gasteiger partial charge in [0.1, 0.15) is 12.4 Å². The standard InChI is InChI=1S/C16H26O4/c1-3-4-10-19-16(13(2)17)11-14(18)12-20-15-8-6-5-7-9-15/h5-9,13-14,16-18H,3-4,10-12H2,1-2H3. The normalized spacial score (nSPS) is 15.6. The minimum absolute atomic E-state index is 0.199. The third-order valence-corrected chi connectivity index (χ3v) is 3.06. The van der Waals surface area contributed by atoms with Gasteiger partial charge in [-0.1, -0.05) is 31.5 Å². The Bertz CT molecular complexity index is 340. The molecule has 1 rings (SSSR count).